The minimum Gasteiger partial charge on any atom is -0.476 e. The third kappa shape index (κ3) is 2.73. The van der Waals surface area contributed by atoms with Gasteiger partial charge in [-0.3, -0.25) is 0 Å². The molecule has 1 N–H and O–H groups in total. The van der Waals surface area contributed by atoms with Crippen LogP contribution in [0, 0.1) is 5.82 Å². The summed E-state index contributed by atoms with van der Waals surface area (Å²) in [5, 5.41) is 16.6. The Morgan fingerprint density at radius 2 is 2.21 bits per heavy atom. The molecule has 0 fully saturated rings. The smallest absolute Gasteiger partial charge is 0.358 e. The third-order valence-electron chi connectivity index (χ3n) is 2.54. The lowest BCUT2D eigenvalue weighted by Gasteiger charge is -2.06. The Kier molecular flexibility index (Phi) is 3.80. The zero-order valence-corrected chi connectivity index (χ0v) is 10.9. The molecular formula is C12H11ClFN3O2. The number of nitrogens with zero attached hydrogens (tertiary/aromatic N) is 3. The van der Waals surface area contributed by atoms with Crippen LogP contribution in [-0.4, -0.2) is 26.1 Å². The van der Waals surface area contributed by atoms with Crippen molar-refractivity contribution in [2.45, 2.75) is 19.8 Å². The standard InChI is InChI=1S/C12H11ClFN3O2/c1-2-3-10-11(12(18)19)15-16-17(10)9-5-7(13)4-8(14)6-9/h4-6H,2-3H2,1H3,(H,18,19). The van der Waals surface area contributed by atoms with Crippen molar-refractivity contribution in [1.82, 2.24) is 15.0 Å². The Morgan fingerprint density at radius 1 is 1.47 bits per heavy atom. The van der Waals surface area contributed by atoms with Crippen LogP contribution in [0.15, 0.2) is 18.2 Å². The lowest BCUT2D eigenvalue weighted by molar-refractivity contribution is 0.0689. The van der Waals surface area contributed by atoms with Gasteiger partial charge >= 0.3 is 5.97 Å². The second-order valence-corrected chi connectivity index (χ2v) is 4.42. The van der Waals surface area contributed by atoms with E-state index in [4.69, 9.17) is 16.7 Å². The van der Waals surface area contributed by atoms with Crippen LogP contribution in [0.2, 0.25) is 5.02 Å². The number of carboxylic acid groups (broad SMARTS) is 1. The largest absolute Gasteiger partial charge is 0.476 e. The molecule has 0 saturated heterocycles. The Balaban J connectivity index is 2.58. The molecule has 5 nitrogen and oxygen atoms in total. The average Bonchev–Trinajstić information content (AvgIpc) is 2.72. The maximum Gasteiger partial charge on any atom is 0.358 e. The molecule has 0 amide bonds. The maximum absolute atomic E-state index is 13.3. The lowest BCUT2D eigenvalue weighted by atomic mass is 10.2. The second-order valence-electron chi connectivity index (χ2n) is 3.98. The van der Waals surface area contributed by atoms with Crippen molar-refractivity contribution < 1.29 is 14.3 Å². The first-order valence-electron chi connectivity index (χ1n) is 5.67. The molecule has 0 unspecified atom stereocenters. The van der Waals surface area contributed by atoms with E-state index in [1.54, 1.807) is 0 Å². The molecule has 0 aliphatic rings. The van der Waals surface area contributed by atoms with Crippen LogP contribution in [0.4, 0.5) is 4.39 Å². The Hall–Kier alpha value is -1.95. The van der Waals surface area contributed by atoms with E-state index < -0.39 is 11.8 Å². The molecular weight excluding hydrogens is 273 g/mol. The fourth-order valence-electron chi connectivity index (χ4n) is 1.80. The molecule has 0 radical (unpaired) electrons. The minimum atomic E-state index is -1.16. The molecule has 0 bridgehead atoms. The quantitative estimate of drug-likeness (QED) is 0.937. The third-order valence-corrected chi connectivity index (χ3v) is 2.76. The van der Waals surface area contributed by atoms with Gasteiger partial charge in [0.1, 0.15) is 5.82 Å². The van der Waals surface area contributed by atoms with Crippen LogP contribution in [0.5, 0.6) is 0 Å². The van der Waals surface area contributed by atoms with Crippen molar-refractivity contribution in [3.8, 4) is 5.69 Å². The fourth-order valence-corrected chi connectivity index (χ4v) is 2.01. The molecule has 0 aliphatic carbocycles. The molecule has 1 heterocycles. The highest BCUT2D eigenvalue weighted by atomic mass is 35.5. The van der Waals surface area contributed by atoms with Crippen LogP contribution in [0.3, 0.4) is 0 Å². The van der Waals surface area contributed by atoms with Crippen LogP contribution in [-0.2, 0) is 6.42 Å². The van der Waals surface area contributed by atoms with Crippen molar-refractivity contribution in [3.63, 3.8) is 0 Å². The van der Waals surface area contributed by atoms with Gasteiger partial charge in [0.2, 0.25) is 0 Å². The summed E-state index contributed by atoms with van der Waals surface area (Å²) in [5.41, 5.74) is 0.660. The molecule has 0 spiro atoms. The summed E-state index contributed by atoms with van der Waals surface area (Å²) >= 11 is 5.78. The first-order valence-corrected chi connectivity index (χ1v) is 6.05. The van der Waals surface area contributed by atoms with Crippen LogP contribution in [0.1, 0.15) is 29.5 Å². The highest BCUT2D eigenvalue weighted by molar-refractivity contribution is 6.30. The van der Waals surface area contributed by atoms with Crippen LogP contribution in [0.25, 0.3) is 5.69 Å². The summed E-state index contributed by atoms with van der Waals surface area (Å²) in [7, 11) is 0. The number of halogens is 2. The Labute approximate surface area is 113 Å². The van der Waals surface area contributed by atoms with Crippen LogP contribution >= 0.6 is 11.6 Å². The topological polar surface area (TPSA) is 68.0 Å². The van der Waals surface area contributed by atoms with Crippen molar-refractivity contribution in [1.29, 1.82) is 0 Å². The maximum atomic E-state index is 13.3. The summed E-state index contributed by atoms with van der Waals surface area (Å²) in [6, 6.07) is 3.90. The molecule has 0 aliphatic heterocycles. The zero-order chi connectivity index (χ0) is 14.0. The van der Waals surface area contributed by atoms with E-state index in [2.05, 4.69) is 10.3 Å². The number of carboxylic acids is 1. The Morgan fingerprint density at radius 3 is 2.79 bits per heavy atom. The molecule has 19 heavy (non-hydrogen) atoms. The highest BCUT2D eigenvalue weighted by Gasteiger charge is 2.19. The van der Waals surface area contributed by atoms with Crippen LogP contribution < -0.4 is 0 Å². The van der Waals surface area contributed by atoms with E-state index in [1.807, 2.05) is 6.92 Å². The normalized spacial score (nSPS) is 10.7. The predicted octanol–water partition coefficient (Wildman–Crippen LogP) is 2.71. The number of hydrogen-bond donors (Lipinski definition) is 1. The fraction of sp³-hybridized carbons (Fsp3) is 0.250. The first-order chi connectivity index (χ1) is 9.02. The van der Waals surface area contributed by atoms with Gasteiger partial charge in [-0.05, 0) is 24.6 Å². The Bertz CT molecular complexity index is 607. The van der Waals surface area contributed by atoms with E-state index in [0.29, 0.717) is 17.8 Å². The van der Waals surface area contributed by atoms with Gasteiger partial charge in [-0.25, -0.2) is 13.9 Å². The lowest BCUT2D eigenvalue weighted by Crippen LogP contribution is -2.07. The summed E-state index contributed by atoms with van der Waals surface area (Å²) in [5.74, 6) is -1.67. The van der Waals surface area contributed by atoms with Gasteiger partial charge in [0.25, 0.3) is 0 Å². The number of benzene rings is 1. The van der Waals surface area contributed by atoms with E-state index in [1.165, 1.54) is 22.9 Å². The summed E-state index contributed by atoms with van der Waals surface area (Å²) in [6.45, 7) is 1.90. The zero-order valence-electron chi connectivity index (χ0n) is 10.1. The molecule has 2 rings (SSSR count). The van der Waals surface area contributed by atoms with E-state index in [9.17, 15) is 9.18 Å². The van der Waals surface area contributed by atoms with Gasteiger partial charge in [-0.2, -0.15) is 0 Å². The number of aromatic nitrogens is 3. The minimum absolute atomic E-state index is 0.123. The van der Waals surface area contributed by atoms with Gasteiger partial charge in [-0.15, -0.1) is 5.10 Å². The molecule has 1 aromatic heterocycles. The number of carbonyl (C=O) groups is 1. The van der Waals surface area contributed by atoms with E-state index in [-0.39, 0.29) is 10.7 Å². The van der Waals surface area contributed by atoms with Gasteiger partial charge < -0.3 is 5.11 Å². The average molecular weight is 284 g/mol. The van der Waals surface area contributed by atoms with E-state index >= 15 is 0 Å². The predicted molar refractivity (Wildman–Crippen MR) is 67.3 cm³/mol. The molecule has 1 aromatic carbocycles. The summed E-state index contributed by atoms with van der Waals surface area (Å²) < 4.78 is 14.6. The number of hydrogen-bond acceptors (Lipinski definition) is 3. The second kappa shape index (κ2) is 5.36. The van der Waals surface area contributed by atoms with Gasteiger partial charge in [0.05, 0.1) is 11.4 Å². The SMILES string of the molecule is CCCc1c(C(=O)O)nnn1-c1cc(F)cc(Cl)c1. The first kappa shape index (κ1) is 13.5. The monoisotopic (exact) mass is 283 g/mol. The van der Waals surface area contributed by atoms with E-state index in [0.717, 1.165) is 6.42 Å². The van der Waals surface area contributed by atoms with Crippen molar-refractivity contribution in [3.05, 3.63) is 40.4 Å². The van der Waals surface area contributed by atoms with Gasteiger partial charge in [-0.1, -0.05) is 30.2 Å². The van der Waals surface area contributed by atoms with Crippen molar-refractivity contribution in [2.75, 3.05) is 0 Å². The number of aromatic carboxylic acids is 1. The molecule has 7 heteroatoms. The van der Waals surface area contributed by atoms with Gasteiger partial charge in [0.15, 0.2) is 5.69 Å². The summed E-state index contributed by atoms with van der Waals surface area (Å²) in [4.78, 5) is 11.1. The molecule has 0 atom stereocenters. The highest BCUT2D eigenvalue weighted by Crippen LogP contribution is 2.20. The molecule has 100 valence electrons. The molecule has 2 aromatic rings. The van der Waals surface area contributed by atoms with Crippen molar-refractivity contribution >= 4 is 17.6 Å². The van der Waals surface area contributed by atoms with Gasteiger partial charge in [0, 0.05) is 5.02 Å². The number of rotatable bonds is 4. The summed E-state index contributed by atoms with van der Waals surface area (Å²) in [6.07, 6.45) is 1.19. The molecule has 0 saturated carbocycles. The van der Waals surface area contributed by atoms with Crippen molar-refractivity contribution in [2.24, 2.45) is 0 Å².